The molecule has 0 heterocycles. The van der Waals surface area contributed by atoms with Gasteiger partial charge in [0.15, 0.2) is 0 Å². The van der Waals surface area contributed by atoms with Crippen LogP contribution in [0.25, 0.3) is 0 Å². The molecule has 9 heavy (non-hydrogen) atoms. The lowest BCUT2D eigenvalue weighted by Crippen LogP contribution is -2.00. The molecule has 0 aliphatic heterocycles. The van der Waals surface area contributed by atoms with E-state index in [1.807, 2.05) is 0 Å². The fourth-order valence-electron chi connectivity index (χ4n) is 0.329. The number of rotatable bonds is 3. The second kappa shape index (κ2) is 4.09. The normalized spacial score (nSPS) is 14.0. The summed E-state index contributed by atoms with van der Waals surface area (Å²) < 4.78 is 0. The molecule has 0 saturated heterocycles. The standard InChI is InChI=1S/C6H10O3/c1-2-5(7)3-4-6(8)9/h3-5,7H,2H2,1H3,(H,8,9). The molecule has 0 aromatic heterocycles. The van der Waals surface area contributed by atoms with Gasteiger partial charge in [-0.3, -0.25) is 0 Å². The monoisotopic (exact) mass is 130 g/mol. The zero-order valence-corrected chi connectivity index (χ0v) is 5.24. The summed E-state index contributed by atoms with van der Waals surface area (Å²) in [5.41, 5.74) is 0. The lowest BCUT2D eigenvalue weighted by Gasteiger charge is -1.95. The topological polar surface area (TPSA) is 57.5 Å². The molecule has 0 radical (unpaired) electrons. The van der Waals surface area contributed by atoms with Gasteiger partial charge in [-0.25, -0.2) is 4.79 Å². The Bertz CT molecular complexity index is 117. The Hall–Kier alpha value is -0.830. The van der Waals surface area contributed by atoms with Crippen LogP contribution in [0.15, 0.2) is 12.2 Å². The second-order valence-corrected chi connectivity index (χ2v) is 1.67. The molecule has 0 fully saturated rings. The second-order valence-electron chi connectivity index (χ2n) is 1.67. The van der Waals surface area contributed by atoms with Crippen molar-refractivity contribution >= 4 is 5.97 Å². The Morgan fingerprint density at radius 1 is 1.78 bits per heavy atom. The third kappa shape index (κ3) is 5.03. The van der Waals surface area contributed by atoms with Crippen LogP contribution in [0.3, 0.4) is 0 Å². The fourth-order valence-corrected chi connectivity index (χ4v) is 0.329. The van der Waals surface area contributed by atoms with Gasteiger partial charge in [-0.05, 0) is 12.5 Å². The Kier molecular flexibility index (Phi) is 3.71. The average molecular weight is 130 g/mol. The summed E-state index contributed by atoms with van der Waals surface area (Å²) >= 11 is 0. The summed E-state index contributed by atoms with van der Waals surface area (Å²) in [5.74, 6) is -1.03. The van der Waals surface area contributed by atoms with Gasteiger partial charge < -0.3 is 10.2 Å². The maximum Gasteiger partial charge on any atom is 0.328 e. The van der Waals surface area contributed by atoms with Crippen molar-refractivity contribution in [2.75, 3.05) is 0 Å². The first kappa shape index (κ1) is 8.17. The van der Waals surface area contributed by atoms with Gasteiger partial charge in [-0.2, -0.15) is 0 Å². The fraction of sp³-hybridized carbons (Fsp3) is 0.500. The minimum absolute atomic E-state index is 0.545. The lowest BCUT2D eigenvalue weighted by molar-refractivity contribution is -0.131. The van der Waals surface area contributed by atoms with Crippen molar-refractivity contribution in [2.24, 2.45) is 0 Å². The summed E-state index contributed by atoms with van der Waals surface area (Å²) in [7, 11) is 0. The van der Waals surface area contributed by atoms with E-state index >= 15 is 0 Å². The van der Waals surface area contributed by atoms with E-state index < -0.39 is 12.1 Å². The third-order valence-corrected chi connectivity index (χ3v) is 0.879. The van der Waals surface area contributed by atoms with Crippen molar-refractivity contribution in [1.82, 2.24) is 0 Å². The van der Waals surface area contributed by atoms with Crippen molar-refractivity contribution < 1.29 is 15.0 Å². The predicted molar refractivity (Wildman–Crippen MR) is 33.1 cm³/mol. The molecular formula is C6H10O3. The van der Waals surface area contributed by atoms with Gasteiger partial charge in [0.2, 0.25) is 0 Å². The van der Waals surface area contributed by atoms with E-state index in [-0.39, 0.29) is 0 Å². The minimum Gasteiger partial charge on any atom is -0.478 e. The van der Waals surface area contributed by atoms with Crippen LogP contribution in [-0.2, 0) is 4.79 Å². The minimum atomic E-state index is -1.03. The van der Waals surface area contributed by atoms with E-state index in [1.54, 1.807) is 6.92 Å². The van der Waals surface area contributed by atoms with Gasteiger partial charge >= 0.3 is 5.97 Å². The van der Waals surface area contributed by atoms with Crippen LogP contribution in [-0.4, -0.2) is 22.3 Å². The Labute approximate surface area is 53.6 Å². The number of aliphatic carboxylic acids is 1. The number of aliphatic hydroxyl groups is 1. The van der Waals surface area contributed by atoms with Crippen molar-refractivity contribution in [3.05, 3.63) is 12.2 Å². The van der Waals surface area contributed by atoms with Crippen molar-refractivity contribution in [1.29, 1.82) is 0 Å². The number of carboxylic acids is 1. The number of carbonyl (C=O) groups is 1. The van der Waals surface area contributed by atoms with Crippen LogP contribution in [0.2, 0.25) is 0 Å². The Morgan fingerprint density at radius 3 is 2.67 bits per heavy atom. The summed E-state index contributed by atoms with van der Waals surface area (Å²) in [6, 6.07) is 0. The predicted octanol–water partition coefficient (Wildman–Crippen LogP) is 0.398. The van der Waals surface area contributed by atoms with Gasteiger partial charge in [0.05, 0.1) is 6.10 Å². The van der Waals surface area contributed by atoms with E-state index in [0.717, 1.165) is 6.08 Å². The van der Waals surface area contributed by atoms with E-state index in [2.05, 4.69) is 0 Å². The highest BCUT2D eigenvalue weighted by atomic mass is 16.4. The zero-order chi connectivity index (χ0) is 7.28. The van der Waals surface area contributed by atoms with Crippen LogP contribution >= 0.6 is 0 Å². The number of aliphatic hydroxyl groups excluding tert-OH is 1. The molecule has 0 aromatic rings. The summed E-state index contributed by atoms with van der Waals surface area (Å²) in [6.07, 6.45) is 2.11. The molecule has 1 unspecified atom stereocenters. The molecule has 0 rings (SSSR count). The first-order valence-corrected chi connectivity index (χ1v) is 2.76. The number of hydrogen-bond acceptors (Lipinski definition) is 2. The van der Waals surface area contributed by atoms with Gasteiger partial charge in [-0.1, -0.05) is 6.92 Å². The van der Waals surface area contributed by atoms with Crippen LogP contribution in [0.5, 0.6) is 0 Å². The molecule has 0 amide bonds. The van der Waals surface area contributed by atoms with Crippen molar-refractivity contribution in [2.45, 2.75) is 19.4 Å². The van der Waals surface area contributed by atoms with Gasteiger partial charge in [0.25, 0.3) is 0 Å². The Morgan fingerprint density at radius 2 is 2.33 bits per heavy atom. The molecule has 2 N–H and O–H groups in total. The summed E-state index contributed by atoms with van der Waals surface area (Å²) in [5, 5.41) is 16.8. The maximum atomic E-state index is 9.82. The highest BCUT2D eigenvalue weighted by Crippen LogP contribution is 1.90. The molecule has 1 atom stereocenters. The lowest BCUT2D eigenvalue weighted by atomic mass is 10.2. The van der Waals surface area contributed by atoms with Gasteiger partial charge in [0.1, 0.15) is 0 Å². The average Bonchev–Trinajstić information content (AvgIpc) is 1.83. The summed E-state index contributed by atoms with van der Waals surface area (Å²) in [4.78, 5) is 9.82. The number of carboxylic acid groups (broad SMARTS) is 1. The quantitative estimate of drug-likeness (QED) is 0.543. The molecule has 0 aliphatic rings. The molecule has 3 heteroatoms. The smallest absolute Gasteiger partial charge is 0.328 e. The van der Waals surface area contributed by atoms with Crippen LogP contribution in [0, 0.1) is 0 Å². The van der Waals surface area contributed by atoms with Crippen molar-refractivity contribution in [3.8, 4) is 0 Å². The highest BCUT2D eigenvalue weighted by Gasteiger charge is 1.93. The Balaban J connectivity index is 3.56. The molecule has 52 valence electrons. The molecular weight excluding hydrogens is 120 g/mol. The van der Waals surface area contributed by atoms with Crippen LogP contribution < -0.4 is 0 Å². The van der Waals surface area contributed by atoms with E-state index in [4.69, 9.17) is 10.2 Å². The molecule has 0 spiro atoms. The van der Waals surface area contributed by atoms with E-state index in [1.165, 1.54) is 6.08 Å². The largest absolute Gasteiger partial charge is 0.478 e. The summed E-state index contributed by atoms with van der Waals surface area (Å²) in [6.45, 7) is 1.77. The van der Waals surface area contributed by atoms with Crippen LogP contribution in [0.4, 0.5) is 0 Å². The molecule has 0 aliphatic carbocycles. The van der Waals surface area contributed by atoms with Gasteiger partial charge in [0, 0.05) is 6.08 Å². The molecule has 0 saturated carbocycles. The molecule has 3 nitrogen and oxygen atoms in total. The van der Waals surface area contributed by atoms with E-state index in [9.17, 15) is 4.79 Å². The van der Waals surface area contributed by atoms with Crippen molar-refractivity contribution in [3.63, 3.8) is 0 Å². The van der Waals surface area contributed by atoms with E-state index in [0.29, 0.717) is 6.42 Å². The third-order valence-electron chi connectivity index (χ3n) is 0.879. The van der Waals surface area contributed by atoms with Gasteiger partial charge in [-0.15, -0.1) is 0 Å². The number of hydrogen-bond donors (Lipinski definition) is 2. The molecule has 0 bridgehead atoms. The maximum absolute atomic E-state index is 9.82. The molecule has 0 aromatic carbocycles. The highest BCUT2D eigenvalue weighted by molar-refractivity contribution is 5.79. The first-order chi connectivity index (χ1) is 4.16. The SMILES string of the molecule is CCC(O)C=CC(=O)O. The zero-order valence-electron chi connectivity index (χ0n) is 5.24. The first-order valence-electron chi connectivity index (χ1n) is 2.76. The van der Waals surface area contributed by atoms with Crippen LogP contribution in [0.1, 0.15) is 13.3 Å².